The molecule has 0 spiro atoms. The molecule has 3 aliphatic rings. The molecule has 2 atom stereocenters. The van der Waals surface area contributed by atoms with Crippen molar-refractivity contribution in [2.45, 2.75) is 51.9 Å². The third-order valence-corrected chi connectivity index (χ3v) is 6.05. The summed E-state index contributed by atoms with van der Waals surface area (Å²) in [6.45, 7) is 14.1. The van der Waals surface area contributed by atoms with E-state index in [1.807, 2.05) is 0 Å². The summed E-state index contributed by atoms with van der Waals surface area (Å²) in [6, 6.07) is 6.77. The zero-order valence-corrected chi connectivity index (χ0v) is 15.8. The van der Waals surface area contributed by atoms with E-state index in [-0.39, 0.29) is 5.41 Å². The second-order valence-electron chi connectivity index (χ2n) is 8.58. The number of hydrogen-bond acceptors (Lipinski definition) is 3. The van der Waals surface area contributed by atoms with Crippen LogP contribution >= 0.6 is 0 Å². The molecule has 4 rings (SSSR count). The van der Waals surface area contributed by atoms with Crippen molar-refractivity contribution >= 4 is 0 Å². The van der Waals surface area contributed by atoms with Crippen LogP contribution in [0.15, 0.2) is 18.2 Å². The van der Waals surface area contributed by atoms with Gasteiger partial charge in [-0.1, -0.05) is 32.9 Å². The fourth-order valence-electron chi connectivity index (χ4n) is 4.59. The Balaban J connectivity index is 1.97. The minimum atomic E-state index is 0.147. The van der Waals surface area contributed by atoms with Crippen molar-refractivity contribution in [1.29, 1.82) is 0 Å². The third-order valence-electron chi connectivity index (χ3n) is 6.05. The van der Waals surface area contributed by atoms with Gasteiger partial charge in [0.2, 0.25) is 0 Å². The summed E-state index contributed by atoms with van der Waals surface area (Å²) in [6.07, 6.45) is 2.67. The van der Waals surface area contributed by atoms with Crippen molar-refractivity contribution < 1.29 is 4.74 Å². The molecule has 0 radical (unpaired) electrons. The number of nitrogens with zero attached hydrogens (tertiary/aromatic N) is 1. The van der Waals surface area contributed by atoms with Gasteiger partial charge in [0.05, 0.1) is 6.61 Å². The molecule has 0 amide bonds. The van der Waals surface area contributed by atoms with Crippen LogP contribution in [0, 0.1) is 11.8 Å². The highest BCUT2D eigenvalue weighted by Gasteiger charge is 2.39. The predicted octanol–water partition coefficient (Wildman–Crippen LogP) is 3.77. The largest absolute Gasteiger partial charge is 0.494 e. The van der Waals surface area contributed by atoms with E-state index in [9.17, 15) is 0 Å². The minimum absolute atomic E-state index is 0.147. The standard InChI is InChI=1S/C21H34N2O/c1-5-24-20-7-6-16(21(2,3)4)12-17(20)18(13-22)19-14-23-10-8-15(19)9-11-23/h6-7,12,15,18-19H,5,8-11,13-14,22H2,1-4H3. The molecule has 134 valence electrons. The van der Waals surface area contributed by atoms with E-state index in [1.54, 1.807) is 0 Å². The molecule has 3 heteroatoms. The van der Waals surface area contributed by atoms with E-state index >= 15 is 0 Å². The highest BCUT2D eigenvalue weighted by Crippen LogP contribution is 2.43. The van der Waals surface area contributed by atoms with Crippen LogP contribution in [0.25, 0.3) is 0 Å². The SMILES string of the molecule is CCOc1ccc(C(C)(C)C)cc1C(CN)C1CN2CCC1CC2. The Labute approximate surface area is 147 Å². The lowest BCUT2D eigenvalue weighted by atomic mass is 9.69. The Morgan fingerprint density at radius 1 is 1.25 bits per heavy atom. The Kier molecular flexibility index (Phi) is 5.22. The van der Waals surface area contributed by atoms with Gasteiger partial charge in [-0.25, -0.2) is 0 Å². The Morgan fingerprint density at radius 2 is 1.96 bits per heavy atom. The van der Waals surface area contributed by atoms with Crippen molar-refractivity contribution in [3.05, 3.63) is 29.3 Å². The summed E-state index contributed by atoms with van der Waals surface area (Å²) >= 11 is 0. The second kappa shape index (κ2) is 7.05. The van der Waals surface area contributed by atoms with Crippen LogP contribution in [-0.4, -0.2) is 37.7 Å². The first-order chi connectivity index (χ1) is 11.4. The van der Waals surface area contributed by atoms with Crippen molar-refractivity contribution in [2.24, 2.45) is 17.6 Å². The van der Waals surface area contributed by atoms with E-state index in [4.69, 9.17) is 10.5 Å². The minimum Gasteiger partial charge on any atom is -0.494 e. The molecule has 2 unspecified atom stereocenters. The maximum atomic E-state index is 6.32. The zero-order valence-electron chi connectivity index (χ0n) is 15.8. The maximum absolute atomic E-state index is 6.32. The van der Waals surface area contributed by atoms with Crippen LogP contribution in [0.4, 0.5) is 0 Å². The number of fused-ring (bicyclic) bond motifs is 3. The van der Waals surface area contributed by atoms with Crippen molar-refractivity contribution in [2.75, 3.05) is 32.8 Å². The molecule has 2 N–H and O–H groups in total. The summed E-state index contributed by atoms with van der Waals surface area (Å²) in [7, 11) is 0. The summed E-state index contributed by atoms with van der Waals surface area (Å²) < 4.78 is 5.99. The number of nitrogens with two attached hydrogens (primary N) is 1. The molecule has 3 fully saturated rings. The lowest BCUT2D eigenvalue weighted by Gasteiger charge is -2.48. The van der Waals surface area contributed by atoms with Crippen molar-refractivity contribution in [1.82, 2.24) is 4.90 Å². The fourth-order valence-corrected chi connectivity index (χ4v) is 4.59. The molecule has 3 saturated heterocycles. The molecule has 3 aliphatic heterocycles. The number of hydrogen-bond donors (Lipinski definition) is 1. The monoisotopic (exact) mass is 330 g/mol. The molecule has 2 bridgehead atoms. The van der Waals surface area contributed by atoms with E-state index in [0.29, 0.717) is 25.0 Å². The van der Waals surface area contributed by atoms with Crippen molar-refractivity contribution in [3.8, 4) is 5.75 Å². The van der Waals surface area contributed by atoms with Gasteiger partial charge in [0.1, 0.15) is 5.75 Å². The molecule has 24 heavy (non-hydrogen) atoms. The summed E-state index contributed by atoms with van der Waals surface area (Å²) in [5, 5.41) is 0. The topological polar surface area (TPSA) is 38.5 Å². The predicted molar refractivity (Wildman–Crippen MR) is 101 cm³/mol. The molecule has 0 aromatic heterocycles. The van der Waals surface area contributed by atoms with E-state index in [0.717, 1.165) is 11.7 Å². The second-order valence-corrected chi connectivity index (χ2v) is 8.58. The van der Waals surface area contributed by atoms with Gasteiger partial charge in [-0.15, -0.1) is 0 Å². The average Bonchev–Trinajstić information content (AvgIpc) is 2.57. The van der Waals surface area contributed by atoms with Crippen LogP contribution in [0.2, 0.25) is 0 Å². The number of benzene rings is 1. The molecular formula is C21H34N2O. The lowest BCUT2D eigenvalue weighted by molar-refractivity contribution is 0.0374. The number of piperidine rings is 3. The molecule has 3 heterocycles. The highest BCUT2D eigenvalue weighted by molar-refractivity contribution is 5.42. The summed E-state index contributed by atoms with van der Waals surface area (Å²) in [5.74, 6) is 2.95. The van der Waals surface area contributed by atoms with Gasteiger partial charge in [0.15, 0.2) is 0 Å². The smallest absolute Gasteiger partial charge is 0.122 e. The normalized spacial score (nSPS) is 28.0. The van der Waals surface area contributed by atoms with Crippen LogP contribution in [0.5, 0.6) is 5.75 Å². The Morgan fingerprint density at radius 3 is 2.46 bits per heavy atom. The average molecular weight is 331 g/mol. The Bertz CT molecular complexity index is 555. The Hall–Kier alpha value is -1.06. The fraction of sp³-hybridized carbons (Fsp3) is 0.714. The van der Waals surface area contributed by atoms with Gasteiger partial charge in [-0.05, 0) is 73.8 Å². The van der Waals surface area contributed by atoms with Crippen LogP contribution in [-0.2, 0) is 5.41 Å². The van der Waals surface area contributed by atoms with Gasteiger partial charge in [-0.2, -0.15) is 0 Å². The van der Waals surface area contributed by atoms with Crippen LogP contribution < -0.4 is 10.5 Å². The first kappa shape index (κ1) is 17.8. The summed E-state index contributed by atoms with van der Waals surface area (Å²) in [5.41, 5.74) is 9.18. The van der Waals surface area contributed by atoms with Gasteiger partial charge in [0.25, 0.3) is 0 Å². The number of ether oxygens (including phenoxy) is 1. The molecule has 3 nitrogen and oxygen atoms in total. The number of rotatable bonds is 5. The highest BCUT2D eigenvalue weighted by atomic mass is 16.5. The van der Waals surface area contributed by atoms with E-state index < -0.39 is 0 Å². The van der Waals surface area contributed by atoms with Crippen LogP contribution in [0.1, 0.15) is 57.6 Å². The van der Waals surface area contributed by atoms with Crippen molar-refractivity contribution in [3.63, 3.8) is 0 Å². The zero-order chi connectivity index (χ0) is 17.3. The van der Waals surface area contributed by atoms with E-state index in [2.05, 4.69) is 50.8 Å². The third kappa shape index (κ3) is 3.48. The van der Waals surface area contributed by atoms with Gasteiger partial charge < -0.3 is 15.4 Å². The molecule has 1 aromatic carbocycles. The molecule has 0 saturated carbocycles. The summed E-state index contributed by atoms with van der Waals surface area (Å²) in [4.78, 5) is 2.63. The first-order valence-electron chi connectivity index (χ1n) is 9.63. The molecule has 0 aliphatic carbocycles. The molecule has 1 aromatic rings. The quantitative estimate of drug-likeness (QED) is 0.893. The van der Waals surface area contributed by atoms with Gasteiger partial charge >= 0.3 is 0 Å². The van der Waals surface area contributed by atoms with Gasteiger partial charge in [0, 0.05) is 12.5 Å². The first-order valence-corrected chi connectivity index (χ1v) is 9.63. The van der Waals surface area contributed by atoms with E-state index in [1.165, 1.54) is 43.6 Å². The lowest BCUT2D eigenvalue weighted by Crippen LogP contribution is -2.50. The molecular weight excluding hydrogens is 296 g/mol. The maximum Gasteiger partial charge on any atom is 0.122 e. The van der Waals surface area contributed by atoms with Crippen LogP contribution in [0.3, 0.4) is 0 Å². The van der Waals surface area contributed by atoms with Gasteiger partial charge in [-0.3, -0.25) is 0 Å².